The molecule has 3 rings (SSSR count). The van der Waals surface area contributed by atoms with Crippen molar-refractivity contribution in [1.29, 1.82) is 0 Å². The van der Waals surface area contributed by atoms with Crippen molar-refractivity contribution < 1.29 is 14.3 Å². The van der Waals surface area contributed by atoms with Crippen LogP contribution < -0.4 is 10.9 Å². The van der Waals surface area contributed by atoms with E-state index >= 15 is 0 Å². The molecule has 8 nitrogen and oxygen atoms in total. The predicted molar refractivity (Wildman–Crippen MR) is 94.3 cm³/mol. The Balaban J connectivity index is 1.68. The van der Waals surface area contributed by atoms with Crippen LogP contribution in [0.1, 0.15) is 16.8 Å². The number of nitrogens with one attached hydrogen (secondary N) is 1. The molecule has 0 radical (unpaired) electrons. The quantitative estimate of drug-likeness (QED) is 0.787. The van der Waals surface area contributed by atoms with Crippen LogP contribution in [-0.2, 0) is 9.47 Å². The highest BCUT2D eigenvalue weighted by Crippen LogP contribution is 2.13. The number of fused-ring (bicyclic) bond motifs is 1. The monoisotopic (exact) mass is 366 g/mol. The molecule has 3 heterocycles. The van der Waals surface area contributed by atoms with Crippen molar-refractivity contribution in [1.82, 2.24) is 19.6 Å². The van der Waals surface area contributed by atoms with E-state index in [0.29, 0.717) is 31.2 Å². The van der Waals surface area contributed by atoms with E-state index in [4.69, 9.17) is 9.47 Å². The van der Waals surface area contributed by atoms with E-state index in [1.165, 1.54) is 21.9 Å². The molecule has 1 amide bonds. The highest BCUT2D eigenvalue weighted by Gasteiger charge is 2.29. The van der Waals surface area contributed by atoms with Crippen LogP contribution in [0.5, 0.6) is 0 Å². The fourth-order valence-electron chi connectivity index (χ4n) is 2.67. The number of amides is 1. The van der Waals surface area contributed by atoms with Crippen LogP contribution >= 0.6 is 11.3 Å². The predicted octanol–water partition coefficient (Wildman–Crippen LogP) is 0.221. The zero-order valence-electron chi connectivity index (χ0n) is 14.3. The van der Waals surface area contributed by atoms with Gasteiger partial charge >= 0.3 is 0 Å². The second kappa shape index (κ2) is 8.05. The van der Waals surface area contributed by atoms with Gasteiger partial charge in [-0.1, -0.05) is 0 Å². The molecule has 0 spiro atoms. The molecule has 1 fully saturated rings. The third-order valence-corrected chi connectivity index (χ3v) is 4.84. The zero-order chi connectivity index (χ0) is 17.8. The lowest BCUT2D eigenvalue weighted by Gasteiger charge is -2.32. The molecule has 0 saturated carbocycles. The number of hydrogen-bond acceptors (Lipinski definition) is 7. The molecule has 136 valence electrons. The Bertz CT molecular complexity index is 788. The SMILES string of the molecule is CN(C)CCO[C@H]1CCOC[C@H]1NC(=O)c1cnc2sccn2c1=O. The van der Waals surface area contributed by atoms with Gasteiger partial charge in [0.05, 0.1) is 25.4 Å². The van der Waals surface area contributed by atoms with Gasteiger partial charge in [0.1, 0.15) is 5.56 Å². The third kappa shape index (κ3) is 4.24. The van der Waals surface area contributed by atoms with Crippen LogP contribution in [0, 0.1) is 0 Å². The molecule has 2 aromatic rings. The number of carbonyl (C=O) groups excluding carboxylic acids is 1. The van der Waals surface area contributed by atoms with Crippen molar-refractivity contribution in [3.05, 3.63) is 33.7 Å². The van der Waals surface area contributed by atoms with E-state index in [0.717, 1.165) is 6.54 Å². The molecule has 1 aliphatic heterocycles. The van der Waals surface area contributed by atoms with E-state index < -0.39 is 5.91 Å². The summed E-state index contributed by atoms with van der Waals surface area (Å²) in [7, 11) is 3.96. The van der Waals surface area contributed by atoms with Crippen molar-refractivity contribution >= 4 is 22.2 Å². The summed E-state index contributed by atoms with van der Waals surface area (Å²) in [6.45, 7) is 2.35. The van der Waals surface area contributed by atoms with E-state index in [2.05, 4.69) is 10.3 Å². The first-order valence-electron chi connectivity index (χ1n) is 8.16. The highest BCUT2D eigenvalue weighted by atomic mass is 32.1. The van der Waals surface area contributed by atoms with Gasteiger partial charge in [-0.25, -0.2) is 4.98 Å². The number of ether oxygens (including phenoxy) is 2. The average Bonchev–Trinajstić information content (AvgIpc) is 3.06. The minimum Gasteiger partial charge on any atom is -0.379 e. The standard InChI is InChI=1S/C16H22N4O4S/c1-19(2)4-7-24-13-3-6-23-10-12(13)18-14(21)11-9-17-16-20(15(11)22)5-8-25-16/h5,8-9,12-13H,3-4,6-7,10H2,1-2H3,(H,18,21)/t12-,13+/m1/s1. The van der Waals surface area contributed by atoms with Gasteiger partial charge in [-0.2, -0.15) is 0 Å². The second-order valence-electron chi connectivity index (χ2n) is 6.19. The van der Waals surface area contributed by atoms with Crippen LogP contribution in [0.2, 0.25) is 0 Å². The van der Waals surface area contributed by atoms with E-state index in [-0.39, 0.29) is 23.3 Å². The molecule has 25 heavy (non-hydrogen) atoms. The second-order valence-corrected chi connectivity index (χ2v) is 7.06. The Kier molecular flexibility index (Phi) is 5.79. The number of thiazole rings is 1. The summed E-state index contributed by atoms with van der Waals surface area (Å²) in [5, 5.41) is 4.63. The molecule has 0 aromatic carbocycles. The van der Waals surface area contributed by atoms with Gasteiger partial charge in [0.15, 0.2) is 4.96 Å². The third-order valence-electron chi connectivity index (χ3n) is 4.07. The average molecular weight is 366 g/mol. The van der Waals surface area contributed by atoms with Crippen molar-refractivity contribution in [2.45, 2.75) is 18.6 Å². The first-order chi connectivity index (χ1) is 12.1. The fourth-order valence-corrected chi connectivity index (χ4v) is 3.34. The molecular weight excluding hydrogens is 344 g/mol. The lowest BCUT2D eigenvalue weighted by atomic mass is 10.1. The molecule has 9 heteroatoms. The van der Waals surface area contributed by atoms with Crippen LogP contribution in [0.15, 0.2) is 22.6 Å². The van der Waals surface area contributed by atoms with Crippen LogP contribution in [0.25, 0.3) is 4.96 Å². The Morgan fingerprint density at radius 2 is 2.40 bits per heavy atom. The summed E-state index contributed by atoms with van der Waals surface area (Å²) in [6.07, 6.45) is 3.52. The lowest BCUT2D eigenvalue weighted by molar-refractivity contribution is -0.0562. The maximum atomic E-state index is 12.5. The Hall–Kier alpha value is -1.81. The van der Waals surface area contributed by atoms with Gasteiger partial charge in [0, 0.05) is 30.9 Å². The number of carbonyl (C=O) groups is 1. The van der Waals surface area contributed by atoms with Gasteiger partial charge < -0.3 is 19.7 Å². The normalized spacial score (nSPS) is 20.9. The molecule has 1 N–H and O–H groups in total. The van der Waals surface area contributed by atoms with Crippen molar-refractivity contribution in [3.63, 3.8) is 0 Å². The van der Waals surface area contributed by atoms with Gasteiger partial charge in [0.2, 0.25) is 0 Å². The molecule has 2 aromatic heterocycles. The summed E-state index contributed by atoms with van der Waals surface area (Å²) in [4.78, 5) is 31.7. The molecular formula is C16H22N4O4S. The van der Waals surface area contributed by atoms with Crippen molar-refractivity contribution in [2.75, 3.05) is 40.5 Å². The molecule has 0 bridgehead atoms. The number of aromatic nitrogens is 2. The van der Waals surface area contributed by atoms with Gasteiger partial charge in [-0.3, -0.25) is 14.0 Å². The van der Waals surface area contributed by atoms with Gasteiger partial charge in [-0.05, 0) is 20.5 Å². The summed E-state index contributed by atoms with van der Waals surface area (Å²) in [6, 6.07) is -0.286. The summed E-state index contributed by atoms with van der Waals surface area (Å²) in [5.74, 6) is -0.449. The summed E-state index contributed by atoms with van der Waals surface area (Å²) in [5.41, 5.74) is -0.348. The van der Waals surface area contributed by atoms with E-state index in [1.54, 1.807) is 11.6 Å². The molecule has 1 saturated heterocycles. The zero-order valence-corrected chi connectivity index (χ0v) is 15.1. The highest BCUT2D eigenvalue weighted by molar-refractivity contribution is 7.15. The molecule has 2 atom stereocenters. The maximum Gasteiger partial charge on any atom is 0.271 e. The maximum absolute atomic E-state index is 12.5. The lowest BCUT2D eigenvalue weighted by Crippen LogP contribution is -2.51. The van der Waals surface area contributed by atoms with Gasteiger partial charge in [0.25, 0.3) is 11.5 Å². The minimum absolute atomic E-state index is 0.0218. The fraction of sp³-hybridized carbons (Fsp3) is 0.562. The first-order valence-corrected chi connectivity index (χ1v) is 9.04. The van der Waals surface area contributed by atoms with E-state index in [9.17, 15) is 9.59 Å². The molecule has 0 aliphatic carbocycles. The summed E-state index contributed by atoms with van der Waals surface area (Å²) >= 11 is 1.35. The molecule has 0 unspecified atom stereocenters. The Morgan fingerprint density at radius 3 is 3.20 bits per heavy atom. The summed E-state index contributed by atoms with van der Waals surface area (Å²) < 4.78 is 12.7. The van der Waals surface area contributed by atoms with Crippen LogP contribution in [0.3, 0.4) is 0 Å². The first kappa shape index (κ1) is 18.0. The van der Waals surface area contributed by atoms with Crippen molar-refractivity contribution in [2.24, 2.45) is 0 Å². The molecule has 1 aliphatic rings. The Labute approximate surface area is 149 Å². The number of nitrogens with zero attached hydrogens (tertiary/aromatic N) is 3. The minimum atomic E-state index is -0.449. The van der Waals surface area contributed by atoms with E-state index in [1.807, 2.05) is 19.0 Å². The smallest absolute Gasteiger partial charge is 0.271 e. The number of rotatable bonds is 6. The topological polar surface area (TPSA) is 85.2 Å². The van der Waals surface area contributed by atoms with Crippen LogP contribution in [-0.4, -0.2) is 72.8 Å². The Morgan fingerprint density at radius 1 is 1.56 bits per heavy atom. The largest absolute Gasteiger partial charge is 0.379 e. The van der Waals surface area contributed by atoms with Crippen LogP contribution in [0.4, 0.5) is 0 Å². The number of likely N-dealkylation sites (N-methyl/N-ethyl adjacent to an activating group) is 1. The number of hydrogen-bond donors (Lipinski definition) is 1. The van der Waals surface area contributed by atoms with Gasteiger partial charge in [-0.15, -0.1) is 11.3 Å². The van der Waals surface area contributed by atoms with Crippen molar-refractivity contribution in [3.8, 4) is 0 Å².